The van der Waals surface area contributed by atoms with Gasteiger partial charge < -0.3 is 10.1 Å². The predicted molar refractivity (Wildman–Crippen MR) is 94.0 cm³/mol. The molecule has 0 aliphatic carbocycles. The van der Waals surface area contributed by atoms with E-state index in [-0.39, 0.29) is 5.91 Å². The SMILES string of the molecule is COC(=O)[C@H](CCSC)NC(=O)c1cnn(Cc2ccccc2)c1. The molecule has 0 aliphatic heterocycles. The molecule has 0 spiro atoms. The number of benzene rings is 1. The molecule has 0 saturated carbocycles. The van der Waals surface area contributed by atoms with Crippen molar-refractivity contribution in [3.8, 4) is 0 Å². The largest absolute Gasteiger partial charge is 0.467 e. The highest BCUT2D eigenvalue weighted by Crippen LogP contribution is 2.07. The molecule has 2 rings (SSSR count). The van der Waals surface area contributed by atoms with Gasteiger partial charge in [0.1, 0.15) is 6.04 Å². The molecular weight excluding hydrogens is 326 g/mol. The topological polar surface area (TPSA) is 73.2 Å². The number of amides is 1. The molecular formula is C17H21N3O3S. The highest BCUT2D eigenvalue weighted by Gasteiger charge is 2.22. The van der Waals surface area contributed by atoms with E-state index in [1.165, 1.54) is 13.3 Å². The van der Waals surface area contributed by atoms with Crippen molar-refractivity contribution in [2.75, 3.05) is 19.1 Å². The number of thioether (sulfide) groups is 1. The molecule has 0 bridgehead atoms. The first-order valence-corrected chi connectivity index (χ1v) is 8.97. The number of esters is 1. The van der Waals surface area contributed by atoms with Gasteiger partial charge in [0.05, 0.1) is 25.4 Å². The average Bonchev–Trinajstić information content (AvgIpc) is 3.07. The van der Waals surface area contributed by atoms with Crippen LogP contribution in [0.15, 0.2) is 42.7 Å². The quantitative estimate of drug-likeness (QED) is 0.739. The predicted octanol–water partition coefficient (Wildman–Crippen LogP) is 1.96. The lowest BCUT2D eigenvalue weighted by atomic mass is 10.2. The molecule has 0 fully saturated rings. The average molecular weight is 347 g/mol. The standard InChI is InChI=1S/C17H21N3O3S/c1-23-17(22)15(8-9-24-2)19-16(21)14-10-18-20(12-14)11-13-6-4-3-5-7-13/h3-7,10,12,15H,8-9,11H2,1-2H3,(H,19,21)/t15-/m0/s1. The second kappa shape index (κ2) is 9.12. The van der Waals surface area contributed by atoms with Gasteiger partial charge in [0, 0.05) is 6.20 Å². The van der Waals surface area contributed by atoms with Gasteiger partial charge in [0.2, 0.25) is 0 Å². The van der Waals surface area contributed by atoms with E-state index in [0.29, 0.717) is 18.5 Å². The normalized spacial score (nSPS) is 11.8. The van der Waals surface area contributed by atoms with Crippen molar-refractivity contribution in [1.29, 1.82) is 0 Å². The van der Waals surface area contributed by atoms with Gasteiger partial charge in [-0.25, -0.2) is 4.79 Å². The van der Waals surface area contributed by atoms with Crippen LogP contribution in [0.2, 0.25) is 0 Å². The molecule has 0 unspecified atom stereocenters. The van der Waals surface area contributed by atoms with E-state index in [9.17, 15) is 9.59 Å². The molecule has 128 valence electrons. The van der Waals surface area contributed by atoms with Gasteiger partial charge in [-0.2, -0.15) is 16.9 Å². The fraction of sp³-hybridized carbons (Fsp3) is 0.353. The maximum Gasteiger partial charge on any atom is 0.328 e. The van der Waals surface area contributed by atoms with Crippen LogP contribution >= 0.6 is 11.8 Å². The first kappa shape index (κ1) is 18.1. The summed E-state index contributed by atoms with van der Waals surface area (Å²) < 4.78 is 6.44. The number of hydrogen-bond donors (Lipinski definition) is 1. The molecule has 1 atom stereocenters. The number of methoxy groups -OCH3 is 1. The Labute approximate surface area is 145 Å². The monoisotopic (exact) mass is 347 g/mol. The van der Waals surface area contributed by atoms with E-state index in [2.05, 4.69) is 10.4 Å². The molecule has 1 aromatic carbocycles. The zero-order valence-electron chi connectivity index (χ0n) is 13.8. The van der Waals surface area contributed by atoms with Crippen LogP contribution in [-0.4, -0.2) is 46.8 Å². The summed E-state index contributed by atoms with van der Waals surface area (Å²) in [5, 5.41) is 6.92. The molecule has 1 heterocycles. The minimum absolute atomic E-state index is 0.328. The lowest BCUT2D eigenvalue weighted by molar-refractivity contribution is -0.142. The van der Waals surface area contributed by atoms with Crippen molar-refractivity contribution in [3.63, 3.8) is 0 Å². The third-order valence-electron chi connectivity index (χ3n) is 3.48. The molecule has 2 aromatic rings. The molecule has 1 aromatic heterocycles. The van der Waals surface area contributed by atoms with Crippen LogP contribution in [0.4, 0.5) is 0 Å². The summed E-state index contributed by atoms with van der Waals surface area (Å²) in [6.07, 6.45) is 5.65. The lowest BCUT2D eigenvalue weighted by Crippen LogP contribution is -2.41. The first-order valence-electron chi connectivity index (χ1n) is 7.58. The van der Waals surface area contributed by atoms with Crippen LogP contribution < -0.4 is 5.32 Å². The van der Waals surface area contributed by atoms with Gasteiger partial charge in [-0.05, 0) is 24.0 Å². The summed E-state index contributed by atoms with van der Waals surface area (Å²) in [6.45, 7) is 0.584. The Morgan fingerprint density at radius 1 is 1.33 bits per heavy atom. The van der Waals surface area contributed by atoms with Crippen molar-refractivity contribution >= 4 is 23.6 Å². The number of nitrogens with zero attached hydrogens (tertiary/aromatic N) is 2. The Balaban J connectivity index is 2.00. The second-order valence-electron chi connectivity index (χ2n) is 5.24. The van der Waals surface area contributed by atoms with E-state index in [1.54, 1.807) is 22.6 Å². The van der Waals surface area contributed by atoms with E-state index >= 15 is 0 Å². The highest BCUT2D eigenvalue weighted by molar-refractivity contribution is 7.98. The maximum absolute atomic E-state index is 12.3. The number of nitrogens with one attached hydrogen (secondary N) is 1. The number of carbonyl (C=O) groups is 2. The van der Waals surface area contributed by atoms with Crippen molar-refractivity contribution in [2.24, 2.45) is 0 Å². The summed E-state index contributed by atoms with van der Waals surface area (Å²) >= 11 is 1.61. The molecule has 6 nitrogen and oxygen atoms in total. The number of ether oxygens (including phenoxy) is 1. The van der Waals surface area contributed by atoms with E-state index in [4.69, 9.17) is 4.74 Å². The van der Waals surface area contributed by atoms with Crippen LogP contribution in [0.5, 0.6) is 0 Å². The van der Waals surface area contributed by atoms with E-state index < -0.39 is 12.0 Å². The van der Waals surface area contributed by atoms with Crippen LogP contribution in [0, 0.1) is 0 Å². The Morgan fingerprint density at radius 3 is 2.75 bits per heavy atom. The van der Waals surface area contributed by atoms with Gasteiger partial charge in [-0.1, -0.05) is 30.3 Å². The summed E-state index contributed by atoms with van der Waals surface area (Å²) in [5.74, 6) is -0.00673. The second-order valence-corrected chi connectivity index (χ2v) is 6.23. The molecule has 0 aliphatic rings. The number of hydrogen-bond acceptors (Lipinski definition) is 5. The minimum Gasteiger partial charge on any atom is -0.467 e. The van der Waals surface area contributed by atoms with Gasteiger partial charge in [-0.3, -0.25) is 9.48 Å². The Hall–Kier alpha value is -2.28. The molecule has 0 radical (unpaired) electrons. The third-order valence-corrected chi connectivity index (χ3v) is 4.13. The fourth-order valence-electron chi connectivity index (χ4n) is 2.21. The summed E-state index contributed by atoms with van der Waals surface area (Å²) in [5.41, 5.74) is 1.52. The molecule has 24 heavy (non-hydrogen) atoms. The Kier molecular flexibility index (Phi) is 6.87. The summed E-state index contributed by atoms with van der Waals surface area (Å²) in [7, 11) is 1.32. The molecule has 7 heteroatoms. The van der Waals surface area contributed by atoms with Gasteiger partial charge in [-0.15, -0.1) is 0 Å². The van der Waals surface area contributed by atoms with E-state index in [1.807, 2.05) is 36.6 Å². The van der Waals surface area contributed by atoms with Crippen molar-refractivity contribution < 1.29 is 14.3 Å². The lowest BCUT2D eigenvalue weighted by Gasteiger charge is -2.15. The zero-order valence-corrected chi connectivity index (χ0v) is 14.6. The van der Waals surface area contributed by atoms with Crippen LogP contribution in [-0.2, 0) is 16.1 Å². The smallest absolute Gasteiger partial charge is 0.328 e. The highest BCUT2D eigenvalue weighted by atomic mass is 32.2. The summed E-state index contributed by atoms with van der Waals surface area (Å²) in [4.78, 5) is 24.1. The Morgan fingerprint density at radius 2 is 2.08 bits per heavy atom. The first-order chi connectivity index (χ1) is 11.6. The Bertz CT molecular complexity index is 673. The fourth-order valence-corrected chi connectivity index (χ4v) is 2.68. The van der Waals surface area contributed by atoms with Gasteiger partial charge in [0.15, 0.2) is 0 Å². The zero-order chi connectivity index (χ0) is 17.4. The number of rotatable bonds is 8. The third kappa shape index (κ3) is 5.13. The van der Waals surface area contributed by atoms with Gasteiger partial charge in [0.25, 0.3) is 5.91 Å². The van der Waals surface area contributed by atoms with E-state index in [0.717, 1.165) is 11.3 Å². The number of aromatic nitrogens is 2. The summed E-state index contributed by atoms with van der Waals surface area (Å²) in [6, 6.07) is 9.21. The maximum atomic E-state index is 12.3. The van der Waals surface area contributed by atoms with Crippen LogP contribution in [0.3, 0.4) is 0 Å². The molecule has 1 N–H and O–H groups in total. The molecule has 0 saturated heterocycles. The van der Waals surface area contributed by atoms with Crippen molar-refractivity contribution in [2.45, 2.75) is 19.0 Å². The van der Waals surface area contributed by atoms with Crippen molar-refractivity contribution in [1.82, 2.24) is 15.1 Å². The van der Waals surface area contributed by atoms with Crippen molar-refractivity contribution in [3.05, 3.63) is 53.9 Å². The van der Waals surface area contributed by atoms with Crippen LogP contribution in [0.25, 0.3) is 0 Å². The molecule has 1 amide bonds. The van der Waals surface area contributed by atoms with Gasteiger partial charge >= 0.3 is 5.97 Å². The van der Waals surface area contributed by atoms with Crippen LogP contribution in [0.1, 0.15) is 22.3 Å². The number of carbonyl (C=O) groups excluding carboxylic acids is 2. The minimum atomic E-state index is -0.646.